The van der Waals surface area contributed by atoms with E-state index < -0.39 is 17.7 Å². The molecule has 3 nitrogen and oxygen atoms in total. The Bertz CT molecular complexity index is 403. The van der Waals surface area contributed by atoms with Crippen LogP contribution in [0.5, 0.6) is 0 Å². The number of alkyl halides is 3. The first-order chi connectivity index (χ1) is 9.14. The van der Waals surface area contributed by atoms with Crippen molar-refractivity contribution in [2.24, 2.45) is 17.8 Å². The largest absolute Gasteiger partial charge is 0.459 e. The molecule has 0 radical (unpaired) electrons. The zero-order valence-corrected chi connectivity index (χ0v) is 11.3. The second-order valence-electron chi connectivity index (χ2n) is 6.15. The Morgan fingerprint density at radius 1 is 1.40 bits per heavy atom. The van der Waals surface area contributed by atoms with E-state index in [4.69, 9.17) is 4.74 Å². The molecule has 6 heteroatoms. The lowest BCUT2D eigenvalue weighted by Crippen LogP contribution is -2.45. The Kier molecular flexibility index (Phi) is 3.88. The van der Waals surface area contributed by atoms with Crippen LogP contribution in [0.2, 0.25) is 0 Å². The topological polar surface area (TPSA) is 46.5 Å². The molecule has 114 valence electrons. The van der Waals surface area contributed by atoms with Gasteiger partial charge in [0.2, 0.25) is 0 Å². The summed E-state index contributed by atoms with van der Waals surface area (Å²) < 4.78 is 43.4. The van der Waals surface area contributed by atoms with Gasteiger partial charge in [-0.1, -0.05) is 6.58 Å². The van der Waals surface area contributed by atoms with Gasteiger partial charge in [0.25, 0.3) is 0 Å². The highest BCUT2D eigenvalue weighted by molar-refractivity contribution is 5.81. The molecule has 5 unspecified atom stereocenters. The minimum Gasteiger partial charge on any atom is -0.459 e. The minimum absolute atomic E-state index is 0.0854. The third-order valence-corrected chi connectivity index (χ3v) is 4.59. The van der Waals surface area contributed by atoms with Gasteiger partial charge in [-0.2, -0.15) is 13.2 Å². The quantitative estimate of drug-likeness (QED) is 0.640. The third kappa shape index (κ3) is 2.85. The van der Waals surface area contributed by atoms with E-state index in [0.717, 1.165) is 19.4 Å². The molecule has 5 atom stereocenters. The Morgan fingerprint density at radius 2 is 2.05 bits per heavy atom. The van der Waals surface area contributed by atoms with Gasteiger partial charge in [-0.15, -0.1) is 0 Å². The zero-order valence-electron chi connectivity index (χ0n) is 11.3. The number of aliphatic hydroxyl groups is 1. The Hall–Kier alpha value is -1.04. The molecule has 20 heavy (non-hydrogen) atoms. The molecule has 1 N–H and O–H groups in total. The maximum absolute atomic E-state index is 12.7. The number of carbonyl (C=O) groups is 1. The van der Waals surface area contributed by atoms with Crippen molar-refractivity contribution in [2.75, 3.05) is 0 Å². The lowest BCUT2D eigenvalue weighted by atomic mass is 9.79. The number of hydrogen-bond donors (Lipinski definition) is 1. The number of carbonyl (C=O) groups excluding carboxylic acids is 1. The van der Waals surface area contributed by atoms with Crippen molar-refractivity contribution in [1.82, 2.24) is 0 Å². The Morgan fingerprint density at radius 3 is 2.55 bits per heavy atom. The smallest absolute Gasteiger partial charge is 0.416 e. The van der Waals surface area contributed by atoms with Gasteiger partial charge in [0, 0.05) is 6.08 Å². The van der Waals surface area contributed by atoms with Gasteiger partial charge in [-0.3, -0.25) is 0 Å². The normalized spacial score (nSPS) is 35.6. The Balaban J connectivity index is 2.01. The van der Waals surface area contributed by atoms with Crippen molar-refractivity contribution in [2.45, 2.75) is 50.5 Å². The molecule has 2 aliphatic carbocycles. The lowest BCUT2D eigenvalue weighted by Gasteiger charge is -2.35. The van der Waals surface area contributed by atoms with Crippen LogP contribution in [0.4, 0.5) is 13.2 Å². The number of halogens is 3. The van der Waals surface area contributed by atoms with E-state index >= 15 is 0 Å². The van der Waals surface area contributed by atoms with Gasteiger partial charge >= 0.3 is 12.1 Å². The number of esters is 1. The molecule has 0 heterocycles. The van der Waals surface area contributed by atoms with E-state index in [1.54, 1.807) is 0 Å². The van der Waals surface area contributed by atoms with E-state index in [-0.39, 0.29) is 30.3 Å². The molecule has 2 saturated carbocycles. The van der Waals surface area contributed by atoms with Crippen LogP contribution in [0, 0.1) is 17.8 Å². The highest BCUT2D eigenvalue weighted by atomic mass is 19.4. The third-order valence-electron chi connectivity index (χ3n) is 4.59. The summed E-state index contributed by atoms with van der Waals surface area (Å²) >= 11 is 0. The van der Waals surface area contributed by atoms with E-state index in [9.17, 15) is 23.1 Å². The summed E-state index contributed by atoms with van der Waals surface area (Å²) in [7, 11) is 0. The molecule has 0 aromatic rings. The van der Waals surface area contributed by atoms with E-state index in [1.807, 2.05) is 0 Å². The van der Waals surface area contributed by atoms with Crippen molar-refractivity contribution < 1.29 is 27.8 Å². The summed E-state index contributed by atoms with van der Waals surface area (Å²) in [6.07, 6.45) is -2.11. The summed E-state index contributed by atoms with van der Waals surface area (Å²) in [6, 6.07) is 0. The number of hydrogen-bond acceptors (Lipinski definition) is 3. The number of fused-ring (bicyclic) bond motifs is 2. The molecule has 0 aliphatic heterocycles. The molecular formula is C14H19F3O3. The first-order valence-electron chi connectivity index (χ1n) is 6.76. The first-order valence-corrected chi connectivity index (χ1v) is 6.76. The SMILES string of the molecule is C=CC(=O)OC1CC2CC(CC(C)(O)C(F)(F)F)C1C2. The average Bonchev–Trinajstić information content (AvgIpc) is 2.85. The second kappa shape index (κ2) is 5.06. The van der Waals surface area contributed by atoms with Crippen molar-refractivity contribution in [3.63, 3.8) is 0 Å². The average molecular weight is 292 g/mol. The van der Waals surface area contributed by atoms with Crippen LogP contribution in [0.3, 0.4) is 0 Å². The fourth-order valence-corrected chi connectivity index (χ4v) is 3.62. The molecule has 2 fully saturated rings. The van der Waals surface area contributed by atoms with Gasteiger partial charge < -0.3 is 9.84 Å². The van der Waals surface area contributed by atoms with Gasteiger partial charge in [-0.25, -0.2) is 4.79 Å². The molecule has 0 spiro atoms. The van der Waals surface area contributed by atoms with Crippen molar-refractivity contribution >= 4 is 5.97 Å². The lowest BCUT2D eigenvalue weighted by molar-refractivity contribution is -0.260. The molecule has 0 aromatic carbocycles. The molecule has 0 amide bonds. The van der Waals surface area contributed by atoms with Gasteiger partial charge in [0.1, 0.15) is 6.10 Å². The predicted octanol–water partition coefficient (Wildman–Crippen LogP) is 2.83. The first kappa shape index (κ1) is 15.4. The molecular weight excluding hydrogens is 273 g/mol. The molecule has 2 bridgehead atoms. The van der Waals surface area contributed by atoms with Crippen LogP contribution >= 0.6 is 0 Å². The van der Waals surface area contributed by atoms with Crippen LogP contribution in [0.15, 0.2) is 12.7 Å². The summed E-state index contributed by atoms with van der Waals surface area (Å²) in [5.74, 6) is -0.591. The molecule has 2 aliphatic rings. The van der Waals surface area contributed by atoms with Gasteiger partial charge in [0.05, 0.1) is 0 Å². The van der Waals surface area contributed by atoms with E-state index in [2.05, 4.69) is 6.58 Å². The maximum atomic E-state index is 12.7. The van der Waals surface area contributed by atoms with Crippen molar-refractivity contribution in [3.8, 4) is 0 Å². The zero-order chi connectivity index (χ0) is 15.1. The van der Waals surface area contributed by atoms with Crippen LogP contribution in [-0.2, 0) is 9.53 Å². The van der Waals surface area contributed by atoms with Crippen LogP contribution in [0.25, 0.3) is 0 Å². The Labute approximate surface area is 115 Å². The summed E-state index contributed by atoms with van der Waals surface area (Å²) in [5, 5.41) is 9.60. The summed E-state index contributed by atoms with van der Waals surface area (Å²) in [5.41, 5.74) is -2.69. The highest BCUT2D eigenvalue weighted by Crippen LogP contribution is 2.53. The standard InChI is InChI=1S/C14H19F3O3/c1-3-12(18)20-11-6-8-4-9(10(11)5-8)7-13(2,19)14(15,16)17/h3,8-11,19H,1,4-7H2,2H3. The van der Waals surface area contributed by atoms with Crippen LogP contribution < -0.4 is 0 Å². The summed E-state index contributed by atoms with van der Waals surface area (Å²) in [6.45, 7) is 4.12. The second-order valence-corrected chi connectivity index (χ2v) is 6.15. The molecule has 0 saturated heterocycles. The highest BCUT2D eigenvalue weighted by Gasteiger charge is 2.55. The number of ether oxygens (including phenoxy) is 1. The fourth-order valence-electron chi connectivity index (χ4n) is 3.62. The van der Waals surface area contributed by atoms with Crippen molar-refractivity contribution in [3.05, 3.63) is 12.7 Å². The predicted molar refractivity (Wildman–Crippen MR) is 65.7 cm³/mol. The molecule has 0 aromatic heterocycles. The van der Waals surface area contributed by atoms with Crippen molar-refractivity contribution in [1.29, 1.82) is 0 Å². The van der Waals surface area contributed by atoms with E-state index in [0.29, 0.717) is 12.8 Å². The van der Waals surface area contributed by atoms with Crippen LogP contribution in [-0.4, -0.2) is 29.0 Å². The summed E-state index contributed by atoms with van der Waals surface area (Å²) in [4.78, 5) is 11.2. The van der Waals surface area contributed by atoms with E-state index in [1.165, 1.54) is 0 Å². The minimum atomic E-state index is -4.64. The van der Waals surface area contributed by atoms with Gasteiger partial charge in [0.15, 0.2) is 5.60 Å². The van der Waals surface area contributed by atoms with Gasteiger partial charge in [-0.05, 0) is 50.4 Å². The monoisotopic (exact) mass is 292 g/mol. The molecule has 2 rings (SSSR count). The maximum Gasteiger partial charge on any atom is 0.416 e. The van der Waals surface area contributed by atoms with Crippen LogP contribution in [0.1, 0.15) is 32.6 Å². The fraction of sp³-hybridized carbons (Fsp3) is 0.786. The number of rotatable bonds is 4.